The summed E-state index contributed by atoms with van der Waals surface area (Å²) in [5.41, 5.74) is 2.32. The summed E-state index contributed by atoms with van der Waals surface area (Å²) in [4.78, 5) is 12.7. The van der Waals surface area contributed by atoms with Crippen LogP contribution in [0.5, 0.6) is 5.75 Å². The molecule has 1 amide bonds. The topological polar surface area (TPSA) is 38.3 Å². The molecule has 1 atom stereocenters. The molecular weight excluding hydrogens is 370 g/mol. The van der Waals surface area contributed by atoms with Gasteiger partial charge in [0.2, 0.25) is 0 Å². The maximum atomic E-state index is 12.7. The highest BCUT2D eigenvalue weighted by atomic mass is 16.5. The molecule has 0 bridgehead atoms. The molecular formula is C27H37NO2. The van der Waals surface area contributed by atoms with Crippen LogP contribution in [-0.4, -0.2) is 18.1 Å². The SMILES string of the molecule is CC(Oc1ccc(-c2ccccc2)cc1)C(=O)NC1CCCCCCCCCCC1. The van der Waals surface area contributed by atoms with Crippen molar-refractivity contribution in [3.63, 3.8) is 0 Å². The predicted molar refractivity (Wildman–Crippen MR) is 125 cm³/mol. The maximum absolute atomic E-state index is 12.7. The van der Waals surface area contributed by atoms with Gasteiger partial charge in [0.25, 0.3) is 5.91 Å². The maximum Gasteiger partial charge on any atom is 0.260 e. The zero-order chi connectivity index (χ0) is 21.0. The molecule has 2 aromatic rings. The van der Waals surface area contributed by atoms with Gasteiger partial charge in [0.1, 0.15) is 5.75 Å². The highest BCUT2D eigenvalue weighted by Crippen LogP contribution is 2.23. The summed E-state index contributed by atoms with van der Waals surface area (Å²) in [5, 5.41) is 3.26. The van der Waals surface area contributed by atoms with Crippen LogP contribution < -0.4 is 10.1 Å². The Balaban J connectivity index is 1.50. The first-order valence-corrected chi connectivity index (χ1v) is 11.8. The monoisotopic (exact) mass is 407 g/mol. The van der Waals surface area contributed by atoms with E-state index < -0.39 is 6.10 Å². The van der Waals surface area contributed by atoms with Crippen LogP contribution in [0.25, 0.3) is 11.1 Å². The van der Waals surface area contributed by atoms with Crippen molar-refractivity contribution in [2.75, 3.05) is 0 Å². The van der Waals surface area contributed by atoms with Gasteiger partial charge in [0.15, 0.2) is 6.10 Å². The van der Waals surface area contributed by atoms with E-state index in [1.807, 2.05) is 49.4 Å². The third kappa shape index (κ3) is 7.51. The fourth-order valence-corrected chi connectivity index (χ4v) is 4.24. The second kappa shape index (κ2) is 12.4. The Bertz CT molecular complexity index is 729. The van der Waals surface area contributed by atoms with E-state index in [2.05, 4.69) is 17.4 Å². The summed E-state index contributed by atoms with van der Waals surface area (Å²) in [6.07, 6.45) is 13.5. The van der Waals surface area contributed by atoms with Gasteiger partial charge in [-0.2, -0.15) is 0 Å². The number of rotatable bonds is 5. The summed E-state index contributed by atoms with van der Waals surface area (Å²) < 4.78 is 5.93. The molecule has 0 aliphatic heterocycles. The van der Waals surface area contributed by atoms with Gasteiger partial charge in [-0.1, -0.05) is 100 Å². The predicted octanol–water partition coefficient (Wildman–Crippen LogP) is 6.91. The zero-order valence-corrected chi connectivity index (χ0v) is 18.4. The summed E-state index contributed by atoms with van der Waals surface area (Å²) >= 11 is 0. The minimum atomic E-state index is -0.492. The van der Waals surface area contributed by atoms with Crippen LogP contribution in [0.4, 0.5) is 0 Å². The Morgan fingerprint density at radius 3 is 1.83 bits per heavy atom. The van der Waals surface area contributed by atoms with Crippen molar-refractivity contribution in [2.45, 2.75) is 89.7 Å². The van der Waals surface area contributed by atoms with E-state index in [4.69, 9.17) is 4.74 Å². The first kappa shape index (κ1) is 22.4. The van der Waals surface area contributed by atoms with Crippen LogP contribution in [-0.2, 0) is 4.79 Å². The Morgan fingerprint density at radius 1 is 0.767 bits per heavy atom. The van der Waals surface area contributed by atoms with Gasteiger partial charge in [-0.05, 0) is 43.0 Å². The number of nitrogens with one attached hydrogen (secondary N) is 1. The number of ether oxygens (including phenoxy) is 1. The first-order valence-electron chi connectivity index (χ1n) is 11.8. The Kier molecular flexibility index (Phi) is 9.27. The smallest absolute Gasteiger partial charge is 0.260 e. The summed E-state index contributed by atoms with van der Waals surface area (Å²) in [6.45, 7) is 1.84. The highest BCUT2D eigenvalue weighted by molar-refractivity contribution is 5.81. The van der Waals surface area contributed by atoms with Crippen molar-refractivity contribution < 1.29 is 9.53 Å². The van der Waals surface area contributed by atoms with E-state index >= 15 is 0 Å². The van der Waals surface area contributed by atoms with E-state index in [1.54, 1.807) is 0 Å². The van der Waals surface area contributed by atoms with E-state index in [-0.39, 0.29) is 11.9 Å². The van der Waals surface area contributed by atoms with Crippen molar-refractivity contribution in [1.82, 2.24) is 5.32 Å². The molecule has 3 nitrogen and oxygen atoms in total. The number of amides is 1. The minimum Gasteiger partial charge on any atom is -0.481 e. The number of hydrogen-bond donors (Lipinski definition) is 1. The first-order chi connectivity index (χ1) is 14.7. The summed E-state index contributed by atoms with van der Waals surface area (Å²) in [5.74, 6) is 0.732. The molecule has 0 saturated heterocycles. The lowest BCUT2D eigenvalue weighted by atomic mass is 9.98. The third-order valence-corrected chi connectivity index (χ3v) is 6.10. The fourth-order valence-electron chi connectivity index (χ4n) is 4.24. The van der Waals surface area contributed by atoms with Crippen LogP contribution in [0.3, 0.4) is 0 Å². The molecule has 3 rings (SSSR count). The van der Waals surface area contributed by atoms with Crippen molar-refractivity contribution in [1.29, 1.82) is 0 Å². The van der Waals surface area contributed by atoms with Gasteiger partial charge in [-0.3, -0.25) is 4.79 Å². The lowest BCUT2D eigenvalue weighted by molar-refractivity contribution is -0.128. The molecule has 1 fully saturated rings. The van der Waals surface area contributed by atoms with Gasteiger partial charge in [0, 0.05) is 6.04 Å². The van der Waals surface area contributed by atoms with E-state index in [1.165, 1.54) is 63.4 Å². The Morgan fingerprint density at radius 2 is 1.27 bits per heavy atom. The molecule has 162 valence electrons. The number of hydrogen-bond acceptors (Lipinski definition) is 2. The van der Waals surface area contributed by atoms with Crippen molar-refractivity contribution in [3.8, 4) is 16.9 Å². The second-order valence-corrected chi connectivity index (χ2v) is 8.62. The van der Waals surface area contributed by atoms with E-state index in [9.17, 15) is 4.79 Å². The molecule has 1 aliphatic rings. The molecule has 1 unspecified atom stereocenters. The second-order valence-electron chi connectivity index (χ2n) is 8.62. The minimum absolute atomic E-state index is 0.000713. The average molecular weight is 408 g/mol. The van der Waals surface area contributed by atoms with Gasteiger partial charge in [-0.15, -0.1) is 0 Å². The number of carbonyl (C=O) groups is 1. The van der Waals surface area contributed by atoms with Crippen molar-refractivity contribution in [3.05, 3.63) is 54.6 Å². The summed E-state index contributed by atoms with van der Waals surface area (Å²) in [6, 6.07) is 18.5. The molecule has 1 aliphatic carbocycles. The molecule has 0 spiro atoms. The number of benzene rings is 2. The molecule has 2 aromatic carbocycles. The Labute approximate surface area is 182 Å². The average Bonchev–Trinajstić information content (AvgIpc) is 2.76. The summed E-state index contributed by atoms with van der Waals surface area (Å²) in [7, 11) is 0. The van der Waals surface area contributed by atoms with E-state index in [0.717, 1.165) is 24.2 Å². The van der Waals surface area contributed by atoms with Crippen LogP contribution >= 0.6 is 0 Å². The molecule has 3 heteroatoms. The molecule has 1 saturated carbocycles. The quantitative estimate of drug-likeness (QED) is 0.585. The van der Waals surface area contributed by atoms with Crippen LogP contribution in [0.15, 0.2) is 54.6 Å². The van der Waals surface area contributed by atoms with E-state index in [0.29, 0.717) is 0 Å². The molecule has 30 heavy (non-hydrogen) atoms. The number of carbonyl (C=O) groups excluding carboxylic acids is 1. The van der Waals surface area contributed by atoms with Crippen LogP contribution in [0.2, 0.25) is 0 Å². The normalized spacial score (nSPS) is 17.9. The molecule has 0 heterocycles. The van der Waals surface area contributed by atoms with Gasteiger partial charge in [-0.25, -0.2) is 0 Å². The molecule has 0 radical (unpaired) electrons. The van der Waals surface area contributed by atoms with Gasteiger partial charge >= 0.3 is 0 Å². The standard InChI is InChI=1S/C27H37NO2/c1-22(30-26-20-18-24(19-21-26)23-14-10-9-11-15-23)27(29)28-25-16-12-7-5-3-2-4-6-8-13-17-25/h9-11,14-15,18-22,25H,2-8,12-13,16-17H2,1H3,(H,28,29). The van der Waals surface area contributed by atoms with Crippen LogP contribution in [0, 0.1) is 0 Å². The fraction of sp³-hybridized carbons (Fsp3) is 0.519. The third-order valence-electron chi connectivity index (χ3n) is 6.10. The van der Waals surface area contributed by atoms with Crippen molar-refractivity contribution >= 4 is 5.91 Å². The lowest BCUT2D eigenvalue weighted by Crippen LogP contribution is -2.42. The zero-order valence-electron chi connectivity index (χ0n) is 18.4. The Hall–Kier alpha value is -2.29. The molecule has 0 aromatic heterocycles. The van der Waals surface area contributed by atoms with Gasteiger partial charge in [0.05, 0.1) is 0 Å². The largest absolute Gasteiger partial charge is 0.481 e. The molecule has 1 N–H and O–H groups in total. The van der Waals surface area contributed by atoms with Crippen molar-refractivity contribution in [2.24, 2.45) is 0 Å². The van der Waals surface area contributed by atoms with Gasteiger partial charge < -0.3 is 10.1 Å². The lowest BCUT2D eigenvalue weighted by Gasteiger charge is -2.22. The van der Waals surface area contributed by atoms with Crippen LogP contribution in [0.1, 0.15) is 77.6 Å². The highest BCUT2D eigenvalue weighted by Gasteiger charge is 2.19.